The van der Waals surface area contributed by atoms with E-state index in [1.54, 1.807) is 11.0 Å². The number of urea groups is 1. The van der Waals surface area contributed by atoms with Gasteiger partial charge in [-0.05, 0) is 75.1 Å². The minimum atomic E-state index is -0.178. The van der Waals surface area contributed by atoms with Crippen LogP contribution >= 0.6 is 0 Å². The molecule has 0 aliphatic carbocycles. The van der Waals surface area contributed by atoms with Gasteiger partial charge in [0.1, 0.15) is 0 Å². The van der Waals surface area contributed by atoms with Crippen molar-refractivity contribution in [3.05, 3.63) is 94.0 Å². The number of hydrogen-bond donors (Lipinski definition) is 1. The normalized spacial score (nSPS) is 13.9. The average Bonchev–Trinajstić information content (AvgIpc) is 2.78. The molecule has 170 valence electrons. The van der Waals surface area contributed by atoms with Gasteiger partial charge in [-0.2, -0.15) is 0 Å². The summed E-state index contributed by atoms with van der Waals surface area (Å²) >= 11 is 0. The van der Waals surface area contributed by atoms with Gasteiger partial charge in [0.05, 0.1) is 11.4 Å². The van der Waals surface area contributed by atoms with Crippen LogP contribution in [0.25, 0.3) is 0 Å². The van der Waals surface area contributed by atoms with Crippen molar-refractivity contribution in [2.24, 2.45) is 0 Å². The molecule has 0 radical (unpaired) electrons. The SMILES string of the molecule is Cc1cccc(C(=O)Nc2cc(C)ccc2N2CCCN(Cc3cc(C)ccc3C)C2=O)c1. The smallest absolute Gasteiger partial charge is 0.320 e. The van der Waals surface area contributed by atoms with Crippen molar-refractivity contribution in [1.82, 2.24) is 4.90 Å². The number of hydrogen-bond acceptors (Lipinski definition) is 2. The second-order valence-corrected chi connectivity index (χ2v) is 8.98. The fourth-order valence-corrected chi connectivity index (χ4v) is 4.29. The van der Waals surface area contributed by atoms with E-state index in [9.17, 15) is 9.59 Å². The van der Waals surface area contributed by atoms with Crippen molar-refractivity contribution in [3.63, 3.8) is 0 Å². The number of anilines is 2. The number of carbonyl (C=O) groups excluding carboxylic acids is 2. The van der Waals surface area contributed by atoms with Crippen LogP contribution in [0.15, 0.2) is 60.7 Å². The molecule has 1 aliphatic heterocycles. The van der Waals surface area contributed by atoms with Crippen LogP contribution in [0.5, 0.6) is 0 Å². The van der Waals surface area contributed by atoms with Crippen LogP contribution in [0.2, 0.25) is 0 Å². The molecule has 0 spiro atoms. The lowest BCUT2D eigenvalue weighted by molar-refractivity contribution is 0.102. The van der Waals surface area contributed by atoms with E-state index in [1.165, 1.54) is 16.7 Å². The standard InChI is InChI=1S/C28H31N3O2/c1-19-7-5-8-23(15-19)27(32)29-25-17-21(3)10-12-26(25)31-14-6-13-30(28(31)33)18-24-16-20(2)9-11-22(24)4/h5,7-12,15-17H,6,13-14,18H2,1-4H3,(H,29,32). The Morgan fingerprint density at radius 3 is 2.39 bits per heavy atom. The molecular weight excluding hydrogens is 410 g/mol. The van der Waals surface area contributed by atoms with E-state index < -0.39 is 0 Å². The molecule has 0 saturated carbocycles. The molecule has 1 heterocycles. The van der Waals surface area contributed by atoms with Crippen molar-refractivity contribution in [3.8, 4) is 0 Å². The number of amides is 3. The fourth-order valence-electron chi connectivity index (χ4n) is 4.29. The molecule has 0 atom stereocenters. The van der Waals surface area contributed by atoms with Gasteiger partial charge in [-0.25, -0.2) is 4.79 Å². The Kier molecular flexibility index (Phi) is 6.50. The predicted octanol–water partition coefficient (Wildman–Crippen LogP) is 6.00. The summed E-state index contributed by atoms with van der Waals surface area (Å²) in [6.07, 6.45) is 0.871. The molecule has 3 amide bonds. The highest BCUT2D eigenvalue weighted by Gasteiger charge is 2.29. The quantitative estimate of drug-likeness (QED) is 0.528. The fraction of sp³-hybridized carbons (Fsp3) is 0.286. The van der Waals surface area contributed by atoms with Gasteiger partial charge in [0.2, 0.25) is 0 Å². The van der Waals surface area contributed by atoms with Gasteiger partial charge in [-0.3, -0.25) is 9.69 Å². The number of nitrogens with one attached hydrogen (secondary N) is 1. The third-order valence-corrected chi connectivity index (χ3v) is 6.15. The molecule has 1 N–H and O–H groups in total. The number of carbonyl (C=O) groups is 2. The van der Waals surface area contributed by atoms with Gasteiger partial charge in [0.15, 0.2) is 0 Å². The zero-order valence-corrected chi connectivity index (χ0v) is 19.8. The molecule has 5 heteroatoms. The summed E-state index contributed by atoms with van der Waals surface area (Å²) in [5.41, 5.74) is 7.59. The number of aryl methyl sites for hydroxylation is 4. The van der Waals surface area contributed by atoms with Crippen LogP contribution < -0.4 is 10.2 Å². The Labute approximate surface area is 196 Å². The summed E-state index contributed by atoms with van der Waals surface area (Å²) in [5.74, 6) is -0.178. The largest absolute Gasteiger partial charge is 0.324 e. The first-order chi connectivity index (χ1) is 15.8. The van der Waals surface area contributed by atoms with Gasteiger partial charge in [0, 0.05) is 25.2 Å². The summed E-state index contributed by atoms with van der Waals surface area (Å²) in [6.45, 7) is 10.0. The number of nitrogens with zero attached hydrogens (tertiary/aromatic N) is 2. The molecule has 5 nitrogen and oxygen atoms in total. The Balaban J connectivity index is 1.59. The Hall–Kier alpha value is -3.60. The summed E-state index contributed by atoms with van der Waals surface area (Å²) < 4.78 is 0. The molecule has 3 aromatic carbocycles. The first-order valence-electron chi connectivity index (χ1n) is 11.4. The van der Waals surface area contributed by atoms with Crippen molar-refractivity contribution < 1.29 is 9.59 Å². The Morgan fingerprint density at radius 1 is 0.879 bits per heavy atom. The third-order valence-electron chi connectivity index (χ3n) is 6.15. The van der Waals surface area contributed by atoms with Crippen LogP contribution in [0, 0.1) is 27.7 Å². The van der Waals surface area contributed by atoms with Gasteiger partial charge in [0.25, 0.3) is 5.91 Å². The highest BCUT2D eigenvalue weighted by molar-refractivity contribution is 6.07. The van der Waals surface area contributed by atoms with Crippen molar-refractivity contribution in [2.45, 2.75) is 40.7 Å². The lowest BCUT2D eigenvalue weighted by Gasteiger charge is -2.37. The highest BCUT2D eigenvalue weighted by atomic mass is 16.2. The molecule has 0 bridgehead atoms. The van der Waals surface area contributed by atoms with Gasteiger partial charge in [-0.15, -0.1) is 0 Å². The second-order valence-electron chi connectivity index (χ2n) is 8.98. The van der Waals surface area contributed by atoms with Gasteiger partial charge < -0.3 is 10.2 Å². The highest BCUT2D eigenvalue weighted by Crippen LogP contribution is 2.31. The van der Waals surface area contributed by atoms with Gasteiger partial charge in [-0.1, -0.05) is 47.5 Å². The lowest BCUT2D eigenvalue weighted by atomic mass is 10.0. The molecule has 4 rings (SSSR count). The van der Waals surface area contributed by atoms with Crippen LogP contribution in [-0.4, -0.2) is 29.9 Å². The van der Waals surface area contributed by atoms with Crippen molar-refractivity contribution >= 4 is 23.3 Å². The molecular formula is C28H31N3O2. The minimum Gasteiger partial charge on any atom is -0.320 e. The summed E-state index contributed by atoms with van der Waals surface area (Å²) in [7, 11) is 0. The average molecular weight is 442 g/mol. The summed E-state index contributed by atoms with van der Waals surface area (Å²) in [4.78, 5) is 30.1. The number of rotatable bonds is 5. The zero-order chi connectivity index (χ0) is 23.5. The predicted molar refractivity (Wildman–Crippen MR) is 134 cm³/mol. The van der Waals surface area contributed by atoms with E-state index >= 15 is 0 Å². The van der Waals surface area contributed by atoms with E-state index in [1.807, 2.05) is 55.1 Å². The zero-order valence-electron chi connectivity index (χ0n) is 19.8. The first kappa shape index (κ1) is 22.6. The van der Waals surface area contributed by atoms with Gasteiger partial charge >= 0.3 is 6.03 Å². The van der Waals surface area contributed by atoms with E-state index in [0.717, 1.165) is 29.8 Å². The van der Waals surface area contributed by atoms with Crippen molar-refractivity contribution in [2.75, 3.05) is 23.3 Å². The molecule has 1 fully saturated rings. The van der Waals surface area contributed by atoms with Crippen LogP contribution in [0.4, 0.5) is 16.2 Å². The molecule has 1 saturated heterocycles. The molecule has 1 aliphatic rings. The third kappa shape index (κ3) is 5.08. The maximum atomic E-state index is 13.5. The van der Waals surface area contributed by atoms with E-state index in [0.29, 0.717) is 24.3 Å². The van der Waals surface area contributed by atoms with E-state index in [2.05, 4.69) is 37.4 Å². The monoisotopic (exact) mass is 441 g/mol. The molecule has 33 heavy (non-hydrogen) atoms. The Bertz CT molecular complexity index is 1200. The second kappa shape index (κ2) is 9.49. The maximum absolute atomic E-state index is 13.5. The van der Waals surface area contributed by atoms with Crippen LogP contribution in [0.1, 0.15) is 44.6 Å². The topological polar surface area (TPSA) is 52.7 Å². The van der Waals surface area contributed by atoms with Crippen molar-refractivity contribution in [1.29, 1.82) is 0 Å². The molecule has 0 unspecified atom stereocenters. The van der Waals surface area contributed by atoms with Crippen LogP contribution in [-0.2, 0) is 6.54 Å². The summed E-state index contributed by atoms with van der Waals surface area (Å²) in [6, 6.07) is 19.7. The minimum absolute atomic E-state index is 0.0305. The van der Waals surface area contributed by atoms with E-state index in [-0.39, 0.29) is 11.9 Å². The Morgan fingerprint density at radius 2 is 1.61 bits per heavy atom. The first-order valence-corrected chi connectivity index (χ1v) is 11.4. The lowest BCUT2D eigenvalue weighted by Crippen LogP contribution is -2.49. The number of benzene rings is 3. The maximum Gasteiger partial charge on any atom is 0.324 e. The molecule has 3 aromatic rings. The molecule has 0 aromatic heterocycles. The van der Waals surface area contributed by atoms with E-state index in [4.69, 9.17) is 0 Å². The van der Waals surface area contributed by atoms with Crippen LogP contribution in [0.3, 0.4) is 0 Å². The summed E-state index contributed by atoms with van der Waals surface area (Å²) in [5, 5.41) is 3.04.